The van der Waals surface area contributed by atoms with Crippen LogP contribution in [0.4, 0.5) is 13.2 Å². The van der Waals surface area contributed by atoms with Crippen molar-refractivity contribution >= 4 is 0 Å². The first-order valence-corrected chi connectivity index (χ1v) is 11.2. The molecule has 0 atom stereocenters. The van der Waals surface area contributed by atoms with Crippen LogP contribution < -0.4 is 4.74 Å². The van der Waals surface area contributed by atoms with Gasteiger partial charge in [0.15, 0.2) is 5.69 Å². The first kappa shape index (κ1) is 22.2. The monoisotopic (exact) mass is 467 g/mol. The maximum atomic E-state index is 13.1. The number of methoxy groups -OCH3 is 1. The Morgan fingerprint density at radius 2 is 1.88 bits per heavy atom. The van der Waals surface area contributed by atoms with E-state index in [0.717, 1.165) is 47.1 Å². The zero-order valence-electron chi connectivity index (χ0n) is 18.9. The summed E-state index contributed by atoms with van der Waals surface area (Å²) in [7, 11) is 1.61. The van der Waals surface area contributed by atoms with E-state index in [-0.39, 0.29) is 0 Å². The highest BCUT2D eigenvalue weighted by Gasteiger charge is 2.35. The molecule has 4 aromatic rings. The number of H-pyrrole nitrogens is 1. The third kappa shape index (κ3) is 4.30. The second kappa shape index (κ2) is 8.62. The minimum absolute atomic E-state index is 0.312. The van der Waals surface area contributed by atoms with Gasteiger partial charge in [0.2, 0.25) is 5.88 Å². The Kier molecular flexibility index (Phi) is 5.63. The summed E-state index contributed by atoms with van der Waals surface area (Å²) in [5.41, 5.74) is 4.73. The van der Waals surface area contributed by atoms with Gasteiger partial charge in [-0.05, 0) is 31.4 Å². The van der Waals surface area contributed by atoms with Gasteiger partial charge in [0.05, 0.1) is 18.4 Å². The molecule has 5 rings (SSSR count). The number of alkyl halides is 3. The number of nitrogens with zero attached hydrogens (tertiary/aromatic N) is 4. The highest BCUT2D eigenvalue weighted by Crippen LogP contribution is 2.45. The van der Waals surface area contributed by atoms with Crippen LogP contribution in [0.15, 0.2) is 49.1 Å². The first-order chi connectivity index (χ1) is 16.4. The fourth-order valence-corrected chi connectivity index (χ4v) is 4.18. The van der Waals surface area contributed by atoms with Crippen molar-refractivity contribution in [3.63, 3.8) is 0 Å². The minimum atomic E-state index is -4.47. The lowest BCUT2D eigenvalue weighted by atomic mass is 10.0. The zero-order valence-corrected chi connectivity index (χ0v) is 18.9. The number of ether oxygens (including phenoxy) is 1. The summed E-state index contributed by atoms with van der Waals surface area (Å²) in [4.78, 5) is 15.9. The molecule has 1 fully saturated rings. The molecule has 1 N–H and O–H groups in total. The molecule has 3 aromatic heterocycles. The number of aryl methyl sites for hydroxylation is 1. The van der Waals surface area contributed by atoms with Gasteiger partial charge >= 0.3 is 6.18 Å². The molecule has 3 heterocycles. The van der Waals surface area contributed by atoms with Crippen LogP contribution >= 0.6 is 0 Å². The van der Waals surface area contributed by atoms with E-state index >= 15 is 0 Å². The van der Waals surface area contributed by atoms with E-state index < -0.39 is 11.9 Å². The van der Waals surface area contributed by atoms with Crippen LogP contribution in [0.1, 0.15) is 48.3 Å². The molecule has 9 heteroatoms. The van der Waals surface area contributed by atoms with Gasteiger partial charge in [0.1, 0.15) is 12.2 Å². The fourth-order valence-electron chi connectivity index (χ4n) is 4.18. The molecule has 0 amide bonds. The number of benzene rings is 1. The normalized spacial score (nSPS) is 13.9. The Morgan fingerprint density at radius 3 is 2.53 bits per heavy atom. The van der Waals surface area contributed by atoms with Crippen molar-refractivity contribution in [1.82, 2.24) is 24.5 Å². The minimum Gasteiger partial charge on any atom is -0.480 e. The number of hydrogen-bond donors (Lipinski definition) is 1. The number of hydrogen-bond acceptors (Lipinski definition) is 4. The van der Waals surface area contributed by atoms with Crippen molar-refractivity contribution in [2.45, 2.75) is 44.8 Å². The van der Waals surface area contributed by atoms with E-state index in [1.54, 1.807) is 20.4 Å². The molecule has 1 aliphatic carbocycles. The molecule has 6 nitrogen and oxygen atoms in total. The lowest BCUT2D eigenvalue weighted by Crippen LogP contribution is -2.05. The molecule has 0 bridgehead atoms. The van der Waals surface area contributed by atoms with Crippen LogP contribution in [-0.4, -0.2) is 31.6 Å². The van der Waals surface area contributed by atoms with Gasteiger partial charge in [0, 0.05) is 48.1 Å². The van der Waals surface area contributed by atoms with Gasteiger partial charge in [-0.1, -0.05) is 24.3 Å². The number of aromatic nitrogens is 5. The van der Waals surface area contributed by atoms with Crippen molar-refractivity contribution in [1.29, 1.82) is 0 Å². The third-order valence-corrected chi connectivity index (χ3v) is 6.05. The molecule has 0 radical (unpaired) electrons. The van der Waals surface area contributed by atoms with E-state index in [2.05, 4.69) is 26.0 Å². The molecular weight excluding hydrogens is 443 g/mol. The number of aromatic amines is 1. The molecule has 0 saturated heterocycles. The van der Waals surface area contributed by atoms with Gasteiger partial charge in [-0.3, -0.25) is 0 Å². The number of rotatable bonds is 7. The van der Waals surface area contributed by atoms with E-state index in [1.165, 1.54) is 4.57 Å². The third-order valence-electron chi connectivity index (χ3n) is 6.05. The van der Waals surface area contributed by atoms with Crippen molar-refractivity contribution in [3.8, 4) is 28.4 Å². The summed E-state index contributed by atoms with van der Waals surface area (Å²) in [5, 5.41) is 0. The van der Waals surface area contributed by atoms with Crippen LogP contribution in [0.25, 0.3) is 22.5 Å². The standard InChI is InChI=1S/C25H24F3N5O/c1-3-33-13-20(25(26,27)28)32-23(33)17-6-4-15(5-7-17)10-19-11-18(12-29-19)21-22(16-8-9-16)30-14-31-24(21)34-2/h4-7,11-14,16,29H,3,8-10H2,1-2H3. The van der Waals surface area contributed by atoms with Crippen LogP contribution in [0.2, 0.25) is 0 Å². The van der Waals surface area contributed by atoms with Crippen molar-refractivity contribution in [3.05, 3.63) is 71.7 Å². The lowest BCUT2D eigenvalue weighted by molar-refractivity contribution is -0.140. The molecule has 1 aliphatic rings. The van der Waals surface area contributed by atoms with Crippen LogP contribution in [-0.2, 0) is 19.1 Å². The number of nitrogens with one attached hydrogen (secondary N) is 1. The van der Waals surface area contributed by atoms with Crippen LogP contribution in [0.5, 0.6) is 5.88 Å². The molecule has 0 spiro atoms. The molecule has 176 valence electrons. The second-order valence-corrected chi connectivity index (χ2v) is 8.44. The van der Waals surface area contributed by atoms with E-state index in [1.807, 2.05) is 30.5 Å². The van der Waals surface area contributed by atoms with Gasteiger partial charge < -0.3 is 14.3 Å². The average molecular weight is 467 g/mol. The van der Waals surface area contributed by atoms with Crippen LogP contribution in [0.3, 0.4) is 0 Å². The average Bonchev–Trinajstić information content (AvgIpc) is 3.41. The highest BCUT2D eigenvalue weighted by atomic mass is 19.4. The summed E-state index contributed by atoms with van der Waals surface area (Å²) in [5.74, 6) is 1.33. The predicted octanol–water partition coefficient (Wildman–Crippen LogP) is 5.85. The van der Waals surface area contributed by atoms with Gasteiger partial charge in [-0.15, -0.1) is 0 Å². The maximum Gasteiger partial charge on any atom is 0.434 e. The van der Waals surface area contributed by atoms with E-state index in [0.29, 0.717) is 36.2 Å². The maximum absolute atomic E-state index is 13.1. The van der Waals surface area contributed by atoms with Crippen molar-refractivity contribution in [2.75, 3.05) is 7.11 Å². The Hall–Kier alpha value is -3.62. The first-order valence-electron chi connectivity index (χ1n) is 11.2. The molecule has 34 heavy (non-hydrogen) atoms. The number of imidazole rings is 1. The lowest BCUT2D eigenvalue weighted by Gasteiger charge is -2.10. The van der Waals surface area contributed by atoms with Gasteiger partial charge in [0.25, 0.3) is 0 Å². The fraction of sp³-hybridized carbons (Fsp3) is 0.320. The molecular formula is C25H24F3N5O. The largest absolute Gasteiger partial charge is 0.480 e. The molecule has 0 unspecified atom stereocenters. The van der Waals surface area contributed by atoms with E-state index in [4.69, 9.17) is 4.74 Å². The highest BCUT2D eigenvalue weighted by molar-refractivity contribution is 5.72. The Morgan fingerprint density at radius 1 is 1.12 bits per heavy atom. The summed E-state index contributed by atoms with van der Waals surface area (Å²) in [6.45, 7) is 2.20. The van der Waals surface area contributed by atoms with E-state index in [9.17, 15) is 13.2 Å². The van der Waals surface area contributed by atoms with Crippen LogP contribution in [0, 0.1) is 0 Å². The Bertz CT molecular complexity index is 1300. The summed E-state index contributed by atoms with van der Waals surface area (Å²) < 4.78 is 46.3. The Balaban J connectivity index is 1.38. The molecule has 1 aromatic carbocycles. The Labute approximate surface area is 194 Å². The smallest absolute Gasteiger partial charge is 0.434 e. The van der Waals surface area contributed by atoms with Gasteiger partial charge in [-0.2, -0.15) is 13.2 Å². The second-order valence-electron chi connectivity index (χ2n) is 8.44. The quantitative estimate of drug-likeness (QED) is 0.370. The topological polar surface area (TPSA) is 68.6 Å². The van der Waals surface area contributed by atoms with Crippen molar-refractivity contribution in [2.24, 2.45) is 0 Å². The van der Waals surface area contributed by atoms with Gasteiger partial charge in [-0.25, -0.2) is 15.0 Å². The summed E-state index contributed by atoms with van der Waals surface area (Å²) >= 11 is 0. The summed E-state index contributed by atoms with van der Waals surface area (Å²) in [6.07, 6.45) is 2.97. The SMILES string of the molecule is CCn1cc(C(F)(F)F)nc1-c1ccc(Cc2cc(-c3c(OC)ncnc3C3CC3)c[nH]2)cc1. The molecule has 0 aliphatic heterocycles. The molecule has 1 saturated carbocycles. The van der Waals surface area contributed by atoms with Crippen molar-refractivity contribution < 1.29 is 17.9 Å². The number of halogens is 3. The predicted molar refractivity (Wildman–Crippen MR) is 121 cm³/mol. The summed E-state index contributed by atoms with van der Waals surface area (Å²) in [6, 6.07) is 9.53. The zero-order chi connectivity index (χ0) is 23.9.